The molecule has 16 heavy (non-hydrogen) atoms. The highest BCUT2D eigenvalue weighted by molar-refractivity contribution is 7.85. The average Bonchev–Trinajstić information content (AvgIpc) is 2.67. The lowest BCUT2D eigenvalue weighted by Crippen LogP contribution is -2.34. The Hall–Kier alpha value is -1.48. The molecule has 0 atom stereocenters. The van der Waals surface area contributed by atoms with Crippen molar-refractivity contribution in [2.24, 2.45) is 0 Å². The summed E-state index contributed by atoms with van der Waals surface area (Å²) in [6.45, 7) is 4.50. The van der Waals surface area contributed by atoms with Gasteiger partial charge >= 0.3 is 16.1 Å². The Morgan fingerprint density at radius 3 is 2.44 bits per heavy atom. The molecule has 0 fully saturated rings. The van der Waals surface area contributed by atoms with Crippen molar-refractivity contribution in [1.82, 2.24) is 19.7 Å². The number of rotatable bonds is 3. The Kier molecular flexibility index (Phi) is 3.60. The zero-order chi connectivity index (χ0) is 12.3. The van der Waals surface area contributed by atoms with Gasteiger partial charge < -0.3 is 4.90 Å². The molecule has 0 aliphatic carbocycles. The number of carbonyl (C=O) groups is 1. The van der Waals surface area contributed by atoms with Crippen LogP contribution >= 0.6 is 0 Å². The molecule has 1 rings (SSSR count). The molecule has 0 saturated carbocycles. The summed E-state index contributed by atoms with van der Waals surface area (Å²) in [5.74, 6) is 0. The number of carbonyl (C=O) groups excluding carboxylic acids is 1. The second-order valence-electron chi connectivity index (χ2n) is 2.90. The van der Waals surface area contributed by atoms with Crippen LogP contribution in [0.5, 0.6) is 0 Å². The molecule has 0 aliphatic heterocycles. The standard InChI is InChI=1S/C7H12N4O4S/c1-3-10(4-2)7(12)11-5-8-6(9-11)16(13,14)15/h5H,3-4H2,1-2H3,(H,13,14,15). The summed E-state index contributed by atoms with van der Waals surface area (Å²) in [5.41, 5.74) is 0. The van der Waals surface area contributed by atoms with E-state index in [1.165, 1.54) is 4.90 Å². The molecule has 1 aromatic heterocycles. The summed E-state index contributed by atoms with van der Waals surface area (Å²) < 4.78 is 30.8. The van der Waals surface area contributed by atoms with Crippen LogP contribution < -0.4 is 0 Å². The Labute approximate surface area is 92.6 Å². The smallest absolute Gasteiger partial charge is 0.323 e. The van der Waals surface area contributed by atoms with Gasteiger partial charge in [-0.1, -0.05) is 0 Å². The van der Waals surface area contributed by atoms with Crippen molar-refractivity contribution in [3.63, 3.8) is 0 Å². The van der Waals surface area contributed by atoms with E-state index in [9.17, 15) is 13.2 Å². The first kappa shape index (κ1) is 12.6. The Balaban J connectivity index is 2.99. The topological polar surface area (TPSA) is 105 Å². The molecule has 1 heterocycles. The lowest BCUT2D eigenvalue weighted by atomic mass is 10.5. The third-order valence-electron chi connectivity index (χ3n) is 1.93. The zero-order valence-corrected chi connectivity index (χ0v) is 9.68. The first-order chi connectivity index (χ1) is 7.40. The molecule has 0 aromatic carbocycles. The first-order valence-corrected chi connectivity index (χ1v) is 6.02. The van der Waals surface area contributed by atoms with Crippen molar-refractivity contribution < 1.29 is 17.8 Å². The van der Waals surface area contributed by atoms with Gasteiger partial charge in [-0.05, 0) is 13.8 Å². The predicted molar refractivity (Wildman–Crippen MR) is 53.6 cm³/mol. The van der Waals surface area contributed by atoms with Crippen molar-refractivity contribution in [2.45, 2.75) is 19.0 Å². The number of hydrogen-bond donors (Lipinski definition) is 1. The van der Waals surface area contributed by atoms with E-state index in [2.05, 4.69) is 10.1 Å². The van der Waals surface area contributed by atoms with Gasteiger partial charge in [-0.2, -0.15) is 13.1 Å². The molecule has 0 saturated heterocycles. The summed E-state index contributed by atoms with van der Waals surface area (Å²) >= 11 is 0. The van der Waals surface area contributed by atoms with Gasteiger partial charge in [-0.25, -0.2) is 9.78 Å². The van der Waals surface area contributed by atoms with E-state index in [-0.39, 0.29) is 0 Å². The van der Waals surface area contributed by atoms with Crippen LogP contribution in [-0.4, -0.2) is 51.8 Å². The highest BCUT2D eigenvalue weighted by atomic mass is 32.2. The highest BCUT2D eigenvalue weighted by Gasteiger charge is 2.19. The van der Waals surface area contributed by atoms with Crippen molar-refractivity contribution in [2.75, 3.05) is 13.1 Å². The monoisotopic (exact) mass is 248 g/mol. The van der Waals surface area contributed by atoms with Crippen molar-refractivity contribution >= 4 is 16.1 Å². The quantitative estimate of drug-likeness (QED) is 0.745. The van der Waals surface area contributed by atoms with E-state index in [4.69, 9.17) is 4.55 Å². The van der Waals surface area contributed by atoms with E-state index in [1.54, 1.807) is 13.8 Å². The molecule has 1 aromatic rings. The molecule has 1 amide bonds. The van der Waals surface area contributed by atoms with Crippen LogP contribution in [-0.2, 0) is 10.1 Å². The molecular weight excluding hydrogens is 236 g/mol. The van der Waals surface area contributed by atoms with Crippen LogP contribution in [0.4, 0.5) is 4.79 Å². The molecule has 0 unspecified atom stereocenters. The number of hydrogen-bond acceptors (Lipinski definition) is 5. The van der Waals surface area contributed by atoms with Gasteiger partial charge in [0.15, 0.2) is 0 Å². The number of amides is 1. The van der Waals surface area contributed by atoms with E-state index in [0.29, 0.717) is 13.1 Å². The fourth-order valence-corrected chi connectivity index (χ4v) is 1.47. The average molecular weight is 248 g/mol. The maximum absolute atomic E-state index is 11.7. The largest absolute Gasteiger partial charge is 0.346 e. The summed E-state index contributed by atoms with van der Waals surface area (Å²) in [4.78, 5) is 16.4. The summed E-state index contributed by atoms with van der Waals surface area (Å²) in [6, 6.07) is -0.493. The second kappa shape index (κ2) is 4.58. The van der Waals surface area contributed by atoms with Crippen molar-refractivity contribution in [1.29, 1.82) is 0 Å². The molecule has 90 valence electrons. The number of aromatic nitrogens is 3. The normalized spacial score (nSPS) is 11.4. The maximum Gasteiger partial charge on any atom is 0.346 e. The van der Waals surface area contributed by atoms with Gasteiger partial charge in [-0.3, -0.25) is 4.55 Å². The lowest BCUT2D eigenvalue weighted by Gasteiger charge is -2.16. The minimum absolute atomic E-state index is 0.469. The summed E-state index contributed by atoms with van der Waals surface area (Å²) in [6.07, 6.45) is 0.948. The lowest BCUT2D eigenvalue weighted by molar-refractivity contribution is 0.201. The van der Waals surface area contributed by atoms with E-state index < -0.39 is 21.3 Å². The zero-order valence-electron chi connectivity index (χ0n) is 8.86. The molecule has 0 radical (unpaired) electrons. The van der Waals surface area contributed by atoms with Crippen molar-refractivity contribution in [3.05, 3.63) is 6.33 Å². The third-order valence-corrected chi connectivity index (χ3v) is 2.58. The highest BCUT2D eigenvalue weighted by Crippen LogP contribution is 2.01. The summed E-state index contributed by atoms with van der Waals surface area (Å²) in [7, 11) is -4.47. The van der Waals surface area contributed by atoms with E-state index in [1.807, 2.05) is 0 Å². The van der Waals surface area contributed by atoms with Crippen LogP contribution in [0.1, 0.15) is 13.8 Å². The molecule has 9 heteroatoms. The van der Waals surface area contributed by atoms with Crippen LogP contribution in [0, 0.1) is 0 Å². The molecule has 1 N–H and O–H groups in total. The maximum atomic E-state index is 11.7. The van der Waals surface area contributed by atoms with Crippen LogP contribution in [0.25, 0.3) is 0 Å². The van der Waals surface area contributed by atoms with Crippen LogP contribution in [0.15, 0.2) is 11.5 Å². The van der Waals surface area contributed by atoms with Gasteiger partial charge in [0.25, 0.3) is 5.16 Å². The van der Waals surface area contributed by atoms with Crippen molar-refractivity contribution in [3.8, 4) is 0 Å². The van der Waals surface area contributed by atoms with Gasteiger partial charge in [0.05, 0.1) is 0 Å². The molecule has 0 spiro atoms. The predicted octanol–water partition coefficient (Wildman–Crippen LogP) is -0.165. The molecular formula is C7H12N4O4S. The molecule has 0 bridgehead atoms. The SMILES string of the molecule is CCN(CC)C(=O)n1cnc(S(=O)(=O)O)n1. The Bertz CT molecular complexity index is 476. The van der Waals surface area contributed by atoms with Gasteiger partial charge in [0.1, 0.15) is 6.33 Å². The van der Waals surface area contributed by atoms with Gasteiger partial charge in [-0.15, -0.1) is 5.10 Å². The minimum Gasteiger partial charge on any atom is -0.323 e. The fraction of sp³-hybridized carbons (Fsp3) is 0.571. The molecule has 0 aliphatic rings. The van der Waals surface area contributed by atoms with Gasteiger partial charge in [0, 0.05) is 13.1 Å². The number of nitrogens with zero attached hydrogens (tertiary/aromatic N) is 4. The second-order valence-corrected chi connectivity index (χ2v) is 4.22. The first-order valence-electron chi connectivity index (χ1n) is 4.58. The third kappa shape index (κ3) is 2.55. The summed E-state index contributed by atoms with van der Waals surface area (Å²) in [5, 5.41) is 2.59. The Morgan fingerprint density at radius 2 is 2.06 bits per heavy atom. The minimum atomic E-state index is -4.47. The van der Waals surface area contributed by atoms with Crippen LogP contribution in [0.3, 0.4) is 0 Å². The van der Waals surface area contributed by atoms with Crippen LogP contribution in [0.2, 0.25) is 0 Å². The van der Waals surface area contributed by atoms with E-state index >= 15 is 0 Å². The fourth-order valence-electron chi connectivity index (χ4n) is 1.10. The molecule has 8 nitrogen and oxygen atoms in total. The van der Waals surface area contributed by atoms with E-state index in [0.717, 1.165) is 11.0 Å². The van der Waals surface area contributed by atoms with Gasteiger partial charge in [0.2, 0.25) is 0 Å². The Morgan fingerprint density at radius 1 is 1.50 bits per heavy atom.